The van der Waals surface area contributed by atoms with Crippen molar-refractivity contribution < 1.29 is 23.1 Å². The zero-order valence-electron chi connectivity index (χ0n) is 12.8. The van der Waals surface area contributed by atoms with E-state index in [0.29, 0.717) is 11.3 Å². The summed E-state index contributed by atoms with van der Waals surface area (Å²) in [5.41, 5.74) is -0.0940. The number of benzene rings is 1. The first kappa shape index (κ1) is 17.5. The van der Waals surface area contributed by atoms with E-state index in [4.69, 9.17) is 4.74 Å². The lowest BCUT2D eigenvalue weighted by Gasteiger charge is -2.27. The molecule has 1 rings (SSSR count). The van der Waals surface area contributed by atoms with E-state index < -0.39 is 27.4 Å². The molecule has 0 radical (unpaired) electrons. The van der Waals surface area contributed by atoms with Crippen LogP contribution in [0.3, 0.4) is 0 Å². The minimum Gasteiger partial charge on any atom is -0.496 e. The van der Waals surface area contributed by atoms with Crippen molar-refractivity contribution in [1.82, 2.24) is 4.72 Å². The van der Waals surface area contributed by atoms with Gasteiger partial charge in [-0.25, -0.2) is 8.42 Å². The second-order valence-corrected chi connectivity index (χ2v) is 7.60. The number of rotatable bonds is 5. The van der Waals surface area contributed by atoms with Crippen LogP contribution in [0.2, 0.25) is 0 Å². The molecule has 0 amide bonds. The molecule has 2 N–H and O–H groups in total. The van der Waals surface area contributed by atoms with Crippen molar-refractivity contribution in [2.45, 2.75) is 38.6 Å². The van der Waals surface area contributed by atoms with Crippen molar-refractivity contribution in [3.8, 4) is 5.75 Å². The number of carboxylic acids is 1. The van der Waals surface area contributed by atoms with E-state index in [1.165, 1.54) is 25.3 Å². The molecule has 0 saturated carbocycles. The molecule has 1 aromatic rings. The molecule has 0 fully saturated rings. The zero-order valence-corrected chi connectivity index (χ0v) is 13.6. The normalized spacial score (nSPS) is 13.8. The summed E-state index contributed by atoms with van der Waals surface area (Å²) in [5.74, 6) is -0.643. The molecule has 1 atom stereocenters. The number of hydrogen-bond donors (Lipinski definition) is 2. The van der Waals surface area contributed by atoms with Crippen molar-refractivity contribution >= 4 is 16.0 Å². The summed E-state index contributed by atoms with van der Waals surface area (Å²) in [5, 5.41) is 9.21. The third kappa shape index (κ3) is 4.18. The molecule has 0 bridgehead atoms. The van der Waals surface area contributed by atoms with Gasteiger partial charge in [-0.3, -0.25) is 4.79 Å². The smallest absolute Gasteiger partial charge is 0.322 e. The summed E-state index contributed by atoms with van der Waals surface area (Å²) in [6.07, 6.45) is 0. The molecular weight excluding hydrogens is 294 g/mol. The average Bonchev–Trinajstić information content (AvgIpc) is 2.34. The fraction of sp³-hybridized carbons (Fsp3) is 0.500. The highest BCUT2D eigenvalue weighted by Crippen LogP contribution is 2.24. The number of aliphatic carboxylic acids is 1. The number of aryl methyl sites for hydroxylation is 1. The van der Waals surface area contributed by atoms with Crippen molar-refractivity contribution in [1.29, 1.82) is 0 Å². The van der Waals surface area contributed by atoms with Gasteiger partial charge in [-0.2, -0.15) is 4.72 Å². The van der Waals surface area contributed by atoms with Crippen LogP contribution < -0.4 is 9.46 Å². The van der Waals surface area contributed by atoms with E-state index in [2.05, 4.69) is 4.72 Å². The van der Waals surface area contributed by atoms with Gasteiger partial charge in [0.05, 0.1) is 12.0 Å². The third-order valence-electron chi connectivity index (χ3n) is 3.06. The Labute approximate surface area is 125 Å². The van der Waals surface area contributed by atoms with Crippen molar-refractivity contribution in [2.75, 3.05) is 7.11 Å². The summed E-state index contributed by atoms with van der Waals surface area (Å²) < 4.78 is 32.0. The van der Waals surface area contributed by atoms with Gasteiger partial charge in [-0.05, 0) is 36.1 Å². The lowest BCUT2D eigenvalue weighted by Crippen LogP contribution is -2.48. The molecular formula is C14H21NO5S. The van der Waals surface area contributed by atoms with Crippen LogP contribution >= 0.6 is 0 Å². The Balaban J connectivity index is 3.17. The highest BCUT2D eigenvalue weighted by atomic mass is 32.2. The number of nitrogens with one attached hydrogen (secondary N) is 1. The van der Waals surface area contributed by atoms with Gasteiger partial charge >= 0.3 is 5.97 Å². The van der Waals surface area contributed by atoms with Crippen molar-refractivity contribution in [2.24, 2.45) is 5.41 Å². The van der Waals surface area contributed by atoms with E-state index in [0.717, 1.165) is 0 Å². The van der Waals surface area contributed by atoms with Crippen LogP contribution in [0.4, 0.5) is 0 Å². The Hall–Kier alpha value is -1.60. The predicted molar refractivity (Wildman–Crippen MR) is 78.9 cm³/mol. The van der Waals surface area contributed by atoms with Gasteiger partial charge in [0.15, 0.2) is 0 Å². The number of carboxylic acid groups (broad SMARTS) is 1. The Morgan fingerprint density at radius 1 is 1.33 bits per heavy atom. The SMILES string of the molecule is COc1ccc(S(=O)(=O)NC(C(=O)O)C(C)(C)C)cc1C. The van der Waals surface area contributed by atoms with Crippen LogP contribution in [-0.4, -0.2) is 32.6 Å². The van der Waals surface area contributed by atoms with Gasteiger partial charge in [0.25, 0.3) is 0 Å². The molecule has 1 unspecified atom stereocenters. The molecule has 0 aliphatic rings. The second kappa shape index (κ2) is 6.03. The van der Waals surface area contributed by atoms with Crippen LogP contribution in [0.15, 0.2) is 23.1 Å². The van der Waals surface area contributed by atoms with Gasteiger partial charge in [-0.1, -0.05) is 20.8 Å². The Bertz CT molecular complexity index is 631. The number of carbonyl (C=O) groups is 1. The maximum atomic E-state index is 12.3. The first-order valence-electron chi connectivity index (χ1n) is 6.39. The van der Waals surface area contributed by atoms with Gasteiger partial charge in [0, 0.05) is 0 Å². The summed E-state index contributed by atoms with van der Waals surface area (Å²) in [6, 6.07) is 3.15. The molecule has 0 saturated heterocycles. The minimum absolute atomic E-state index is 0.0105. The molecule has 0 aromatic heterocycles. The quantitative estimate of drug-likeness (QED) is 0.864. The van der Waals surface area contributed by atoms with Gasteiger partial charge in [0.1, 0.15) is 11.8 Å². The first-order chi connectivity index (χ1) is 9.49. The summed E-state index contributed by atoms with van der Waals surface area (Å²) in [4.78, 5) is 11.3. The van der Waals surface area contributed by atoms with E-state index in [9.17, 15) is 18.3 Å². The number of methoxy groups -OCH3 is 1. The fourth-order valence-electron chi connectivity index (χ4n) is 1.84. The van der Waals surface area contributed by atoms with E-state index in [1.807, 2.05) is 0 Å². The summed E-state index contributed by atoms with van der Waals surface area (Å²) in [6.45, 7) is 6.70. The average molecular weight is 315 g/mol. The molecule has 0 aliphatic carbocycles. The summed E-state index contributed by atoms with van der Waals surface area (Å²) in [7, 11) is -2.43. The van der Waals surface area contributed by atoms with Crippen LogP contribution in [0.25, 0.3) is 0 Å². The molecule has 0 spiro atoms. The third-order valence-corrected chi connectivity index (χ3v) is 4.48. The molecule has 7 heteroatoms. The lowest BCUT2D eigenvalue weighted by atomic mass is 9.88. The van der Waals surface area contributed by atoms with Gasteiger partial charge in [0.2, 0.25) is 10.0 Å². The van der Waals surface area contributed by atoms with Crippen molar-refractivity contribution in [3.05, 3.63) is 23.8 Å². The number of hydrogen-bond acceptors (Lipinski definition) is 4. The Kier molecular flexibility index (Phi) is 5.01. The standard InChI is InChI=1S/C14H21NO5S/c1-9-8-10(6-7-11(9)20-5)21(18,19)15-12(13(16)17)14(2,3)4/h6-8,12,15H,1-5H3,(H,16,17). The molecule has 21 heavy (non-hydrogen) atoms. The predicted octanol–water partition coefficient (Wildman–Crippen LogP) is 1.78. The summed E-state index contributed by atoms with van der Waals surface area (Å²) >= 11 is 0. The fourth-order valence-corrected chi connectivity index (χ4v) is 3.32. The second-order valence-electron chi connectivity index (χ2n) is 5.89. The monoisotopic (exact) mass is 315 g/mol. The molecule has 0 heterocycles. The van der Waals surface area contributed by atoms with Crippen molar-refractivity contribution in [3.63, 3.8) is 0 Å². The largest absolute Gasteiger partial charge is 0.496 e. The van der Waals surface area contributed by atoms with E-state index in [1.54, 1.807) is 27.7 Å². The van der Waals surface area contributed by atoms with Crippen LogP contribution in [-0.2, 0) is 14.8 Å². The Morgan fingerprint density at radius 3 is 2.29 bits per heavy atom. The highest BCUT2D eigenvalue weighted by Gasteiger charge is 2.35. The van der Waals surface area contributed by atoms with E-state index >= 15 is 0 Å². The van der Waals surface area contributed by atoms with Gasteiger partial charge in [-0.15, -0.1) is 0 Å². The maximum Gasteiger partial charge on any atom is 0.322 e. The number of ether oxygens (including phenoxy) is 1. The Morgan fingerprint density at radius 2 is 1.90 bits per heavy atom. The first-order valence-corrected chi connectivity index (χ1v) is 7.87. The van der Waals surface area contributed by atoms with Crippen LogP contribution in [0, 0.1) is 12.3 Å². The molecule has 118 valence electrons. The molecule has 0 aliphatic heterocycles. The van der Waals surface area contributed by atoms with E-state index in [-0.39, 0.29) is 4.90 Å². The zero-order chi connectivity index (χ0) is 16.4. The molecule has 1 aromatic carbocycles. The highest BCUT2D eigenvalue weighted by molar-refractivity contribution is 7.89. The minimum atomic E-state index is -3.92. The van der Waals surface area contributed by atoms with Crippen LogP contribution in [0.5, 0.6) is 5.75 Å². The molecule has 6 nitrogen and oxygen atoms in total. The maximum absolute atomic E-state index is 12.3. The topological polar surface area (TPSA) is 92.7 Å². The van der Waals surface area contributed by atoms with Crippen LogP contribution in [0.1, 0.15) is 26.3 Å². The lowest BCUT2D eigenvalue weighted by molar-refractivity contribution is -0.141. The number of sulfonamides is 1. The van der Waals surface area contributed by atoms with Gasteiger partial charge < -0.3 is 9.84 Å².